The molecule has 6 heteroatoms. The zero-order valence-electron chi connectivity index (χ0n) is 10.1. The van der Waals surface area contributed by atoms with Gasteiger partial charge in [0.05, 0.1) is 26.8 Å². The monoisotopic (exact) mass is 301 g/mol. The van der Waals surface area contributed by atoms with Crippen molar-refractivity contribution >= 4 is 34.5 Å². The Hall–Kier alpha value is -0.680. The maximum Gasteiger partial charge on any atom is 0.0947 e. The number of halogens is 2. The van der Waals surface area contributed by atoms with Gasteiger partial charge in [-0.2, -0.15) is 0 Å². The molecular formula is C12H13Cl2N3S. The van der Waals surface area contributed by atoms with Gasteiger partial charge in [-0.15, -0.1) is 11.3 Å². The molecule has 1 N–H and O–H groups in total. The van der Waals surface area contributed by atoms with Crippen LogP contribution in [0.1, 0.15) is 22.4 Å². The van der Waals surface area contributed by atoms with Crippen molar-refractivity contribution in [3.8, 4) is 0 Å². The molecule has 0 fully saturated rings. The third-order valence-corrected chi connectivity index (χ3v) is 4.06. The number of pyridine rings is 1. The van der Waals surface area contributed by atoms with Crippen LogP contribution in [0.25, 0.3) is 0 Å². The predicted octanol–water partition coefficient (Wildman–Crippen LogP) is 3.66. The van der Waals surface area contributed by atoms with Crippen LogP contribution in [0.2, 0.25) is 10.0 Å². The highest BCUT2D eigenvalue weighted by molar-refractivity contribution is 7.09. The molecule has 0 bridgehead atoms. The normalized spacial score (nSPS) is 12.7. The maximum absolute atomic E-state index is 6.17. The Labute approximate surface area is 120 Å². The second kappa shape index (κ2) is 5.97. The van der Waals surface area contributed by atoms with Gasteiger partial charge in [0.1, 0.15) is 0 Å². The smallest absolute Gasteiger partial charge is 0.0947 e. The van der Waals surface area contributed by atoms with Crippen LogP contribution in [0.4, 0.5) is 0 Å². The van der Waals surface area contributed by atoms with E-state index in [2.05, 4.69) is 15.3 Å². The van der Waals surface area contributed by atoms with Gasteiger partial charge in [-0.05, 0) is 20.0 Å². The molecular weight excluding hydrogens is 289 g/mol. The van der Waals surface area contributed by atoms with Gasteiger partial charge in [-0.25, -0.2) is 4.98 Å². The van der Waals surface area contributed by atoms with Crippen molar-refractivity contribution in [1.29, 1.82) is 0 Å². The van der Waals surface area contributed by atoms with E-state index in [9.17, 15) is 0 Å². The molecule has 96 valence electrons. The van der Waals surface area contributed by atoms with Gasteiger partial charge in [0, 0.05) is 23.7 Å². The number of nitrogens with one attached hydrogen (secondary N) is 1. The van der Waals surface area contributed by atoms with Crippen molar-refractivity contribution in [1.82, 2.24) is 15.3 Å². The molecule has 0 radical (unpaired) electrons. The maximum atomic E-state index is 6.17. The van der Waals surface area contributed by atoms with Crippen LogP contribution in [0.5, 0.6) is 0 Å². The lowest BCUT2D eigenvalue weighted by molar-refractivity contribution is 0.574. The number of aromatic nitrogens is 2. The molecule has 0 aliphatic carbocycles. The predicted molar refractivity (Wildman–Crippen MR) is 76.6 cm³/mol. The number of aryl methyl sites for hydroxylation is 1. The van der Waals surface area contributed by atoms with E-state index in [4.69, 9.17) is 23.2 Å². The Bertz CT molecular complexity index is 542. The second-order valence-corrected chi connectivity index (χ2v) is 5.73. The van der Waals surface area contributed by atoms with Crippen LogP contribution in [-0.4, -0.2) is 17.0 Å². The Morgan fingerprint density at radius 3 is 2.78 bits per heavy atom. The van der Waals surface area contributed by atoms with Gasteiger partial charge in [-0.1, -0.05) is 23.2 Å². The Morgan fingerprint density at radius 2 is 2.22 bits per heavy atom. The fourth-order valence-corrected chi connectivity index (χ4v) is 3.02. The summed E-state index contributed by atoms with van der Waals surface area (Å²) in [7, 11) is 1.89. The molecule has 0 amide bonds. The van der Waals surface area contributed by atoms with E-state index in [1.165, 1.54) is 0 Å². The summed E-state index contributed by atoms with van der Waals surface area (Å²) in [5, 5.41) is 7.45. The first kappa shape index (κ1) is 13.7. The lowest BCUT2D eigenvalue weighted by atomic mass is 10.1. The third kappa shape index (κ3) is 3.20. The molecule has 0 saturated heterocycles. The molecule has 2 rings (SSSR count). The molecule has 0 spiro atoms. The van der Waals surface area contributed by atoms with Crippen molar-refractivity contribution in [3.05, 3.63) is 44.1 Å². The van der Waals surface area contributed by atoms with Gasteiger partial charge in [0.25, 0.3) is 0 Å². The molecule has 1 unspecified atom stereocenters. The highest BCUT2D eigenvalue weighted by Crippen LogP contribution is 2.26. The first-order valence-corrected chi connectivity index (χ1v) is 7.13. The standard InChI is InChI=1S/C12H13Cl2N3S/c1-7-6-18-11(17-7)4-10(15-2)12-9(14)3-8(13)5-16-12/h3,5-6,10,15H,4H2,1-2H3. The van der Waals surface area contributed by atoms with Gasteiger partial charge < -0.3 is 5.32 Å². The van der Waals surface area contributed by atoms with E-state index >= 15 is 0 Å². The van der Waals surface area contributed by atoms with E-state index in [-0.39, 0.29) is 6.04 Å². The topological polar surface area (TPSA) is 37.8 Å². The van der Waals surface area contributed by atoms with Crippen molar-refractivity contribution in [2.45, 2.75) is 19.4 Å². The summed E-state index contributed by atoms with van der Waals surface area (Å²) in [5.74, 6) is 0. The second-order valence-electron chi connectivity index (χ2n) is 3.95. The average molecular weight is 302 g/mol. The Balaban J connectivity index is 2.22. The van der Waals surface area contributed by atoms with Crippen molar-refractivity contribution < 1.29 is 0 Å². The summed E-state index contributed by atoms with van der Waals surface area (Å²) in [5.41, 5.74) is 1.84. The van der Waals surface area contributed by atoms with Gasteiger partial charge in [0.15, 0.2) is 0 Å². The summed E-state index contributed by atoms with van der Waals surface area (Å²) in [6.45, 7) is 1.99. The largest absolute Gasteiger partial charge is 0.311 e. The number of likely N-dealkylation sites (N-methyl/N-ethyl adjacent to an activating group) is 1. The van der Waals surface area contributed by atoms with E-state index in [0.29, 0.717) is 10.0 Å². The molecule has 0 saturated carbocycles. The molecule has 2 heterocycles. The van der Waals surface area contributed by atoms with Crippen LogP contribution in [0.3, 0.4) is 0 Å². The lowest BCUT2D eigenvalue weighted by Gasteiger charge is -2.15. The highest BCUT2D eigenvalue weighted by atomic mass is 35.5. The van der Waals surface area contributed by atoms with Gasteiger partial charge >= 0.3 is 0 Å². The number of thiazole rings is 1. The zero-order chi connectivity index (χ0) is 13.1. The van der Waals surface area contributed by atoms with E-state index in [0.717, 1.165) is 22.8 Å². The van der Waals surface area contributed by atoms with Crippen molar-refractivity contribution in [2.75, 3.05) is 7.05 Å². The number of hydrogen-bond donors (Lipinski definition) is 1. The highest BCUT2D eigenvalue weighted by Gasteiger charge is 2.17. The first-order valence-electron chi connectivity index (χ1n) is 5.49. The fourth-order valence-electron chi connectivity index (χ4n) is 1.69. The average Bonchev–Trinajstić information content (AvgIpc) is 2.72. The van der Waals surface area contributed by atoms with Gasteiger partial charge in [0.2, 0.25) is 0 Å². The minimum Gasteiger partial charge on any atom is -0.311 e. The summed E-state index contributed by atoms with van der Waals surface area (Å²) < 4.78 is 0. The summed E-state index contributed by atoms with van der Waals surface area (Å²) >= 11 is 13.7. The minimum absolute atomic E-state index is 0.0420. The number of nitrogens with zero attached hydrogens (tertiary/aromatic N) is 2. The molecule has 0 aliphatic heterocycles. The van der Waals surface area contributed by atoms with Gasteiger partial charge in [-0.3, -0.25) is 4.98 Å². The first-order chi connectivity index (χ1) is 8.60. The van der Waals surface area contributed by atoms with Crippen LogP contribution in [0.15, 0.2) is 17.6 Å². The third-order valence-electron chi connectivity index (χ3n) is 2.56. The molecule has 18 heavy (non-hydrogen) atoms. The summed E-state index contributed by atoms with van der Waals surface area (Å²) in [6, 6.07) is 1.75. The fraction of sp³-hybridized carbons (Fsp3) is 0.333. The number of rotatable bonds is 4. The minimum atomic E-state index is 0.0420. The molecule has 2 aromatic rings. The van der Waals surface area contributed by atoms with Crippen LogP contribution in [-0.2, 0) is 6.42 Å². The number of hydrogen-bond acceptors (Lipinski definition) is 4. The lowest BCUT2D eigenvalue weighted by Crippen LogP contribution is -2.20. The van der Waals surface area contributed by atoms with E-state index in [1.54, 1.807) is 23.6 Å². The van der Waals surface area contributed by atoms with Crippen LogP contribution >= 0.6 is 34.5 Å². The molecule has 2 aromatic heterocycles. The molecule has 3 nitrogen and oxygen atoms in total. The van der Waals surface area contributed by atoms with Crippen molar-refractivity contribution in [2.24, 2.45) is 0 Å². The zero-order valence-corrected chi connectivity index (χ0v) is 12.4. The van der Waals surface area contributed by atoms with E-state index < -0.39 is 0 Å². The SMILES string of the molecule is CNC(Cc1nc(C)cs1)c1ncc(Cl)cc1Cl. The quantitative estimate of drug-likeness (QED) is 0.936. The van der Waals surface area contributed by atoms with E-state index in [1.807, 2.05) is 19.4 Å². The Kier molecular flexibility index (Phi) is 4.56. The summed E-state index contributed by atoms with van der Waals surface area (Å²) in [4.78, 5) is 8.76. The molecule has 0 aliphatic rings. The van der Waals surface area contributed by atoms with Crippen LogP contribution in [0, 0.1) is 6.92 Å². The Morgan fingerprint density at radius 1 is 1.44 bits per heavy atom. The molecule has 0 aromatic carbocycles. The molecule has 1 atom stereocenters. The summed E-state index contributed by atoms with van der Waals surface area (Å²) in [6.07, 6.45) is 2.38. The van der Waals surface area contributed by atoms with Crippen molar-refractivity contribution in [3.63, 3.8) is 0 Å². The van der Waals surface area contributed by atoms with Crippen LogP contribution < -0.4 is 5.32 Å².